The van der Waals surface area contributed by atoms with Gasteiger partial charge in [-0.15, -0.1) is 11.3 Å². The number of thiophene rings is 1. The predicted octanol–water partition coefficient (Wildman–Crippen LogP) is 4.88. The number of nitrogens with zero attached hydrogens (tertiary/aromatic N) is 3. The van der Waals surface area contributed by atoms with Gasteiger partial charge in [-0.2, -0.15) is 0 Å². The summed E-state index contributed by atoms with van der Waals surface area (Å²) >= 11 is 1.71. The maximum Gasteiger partial charge on any atom is 0.293 e. The van der Waals surface area contributed by atoms with Gasteiger partial charge < -0.3 is 10.0 Å². The van der Waals surface area contributed by atoms with Gasteiger partial charge in [0.15, 0.2) is 5.76 Å². The summed E-state index contributed by atoms with van der Waals surface area (Å²) in [7, 11) is 0. The zero-order valence-corrected chi connectivity index (χ0v) is 18.5. The third-order valence-corrected chi connectivity index (χ3v) is 7.01. The van der Waals surface area contributed by atoms with Crippen molar-refractivity contribution >= 4 is 28.8 Å². The summed E-state index contributed by atoms with van der Waals surface area (Å²) in [6.07, 6.45) is 5.06. The molecule has 5 rings (SSSR count). The third-order valence-electron chi connectivity index (χ3n) is 5.96. The van der Waals surface area contributed by atoms with Crippen LogP contribution >= 0.6 is 11.3 Å². The molecule has 4 heterocycles. The summed E-state index contributed by atoms with van der Waals surface area (Å²) in [5.74, 6) is -0.941. The fourth-order valence-electron chi connectivity index (χ4n) is 4.33. The monoisotopic (exact) mass is 445 g/mol. The molecule has 1 aromatic carbocycles. The molecule has 1 saturated heterocycles. The first-order valence-electron chi connectivity index (χ1n) is 10.7. The van der Waals surface area contributed by atoms with Crippen LogP contribution in [-0.2, 0) is 4.79 Å². The van der Waals surface area contributed by atoms with E-state index < -0.39 is 11.9 Å². The molecule has 1 fully saturated rings. The molecule has 3 aromatic rings. The van der Waals surface area contributed by atoms with E-state index in [-0.39, 0.29) is 11.7 Å². The van der Waals surface area contributed by atoms with Crippen LogP contribution in [0.5, 0.6) is 0 Å². The standard InChI is InChI=1S/C25H23N3O3S/c1-16-6-11-22(32-16)17-7-9-18(10-8-17)28-20(15-21(29)24(28)30)19-5-4-12-26-23(19)25(31)27-13-2-3-14-27/h4-12,15,20,29H,2-3,13-14H2,1H3. The first-order valence-corrected chi connectivity index (χ1v) is 11.5. The average molecular weight is 446 g/mol. The minimum absolute atomic E-state index is 0.131. The van der Waals surface area contributed by atoms with E-state index in [1.54, 1.807) is 34.6 Å². The van der Waals surface area contributed by atoms with Crippen LogP contribution in [0.25, 0.3) is 10.4 Å². The summed E-state index contributed by atoms with van der Waals surface area (Å²) in [6, 6.07) is 14.8. The second-order valence-electron chi connectivity index (χ2n) is 8.07. The molecule has 1 N–H and O–H groups in total. The van der Waals surface area contributed by atoms with Crippen LogP contribution in [0.4, 0.5) is 5.69 Å². The highest BCUT2D eigenvalue weighted by Gasteiger charge is 2.37. The van der Waals surface area contributed by atoms with Gasteiger partial charge in [0, 0.05) is 40.3 Å². The number of likely N-dealkylation sites (tertiary alicyclic amines) is 1. The van der Waals surface area contributed by atoms with E-state index in [0.717, 1.165) is 23.3 Å². The Kier molecular flexibility index (Phi) is 5.27. The Labute approximate surface area is 190 Å². The van der Waals surface area contributed by atoms with Crippen molar-refractivity contribution in [2.45, 2.75) is 25.8 Å². The van der Waals surface area contributed by atoms with Crippen LogP contribution in [-0.4, -0.2) is 39.9 Å². The van der Waals surface area contributed by atoms with Crippen molar-refractivity contribution in [3.63, 3.8) is 0 Å². The van der Waals surface area contributed by atoms with E-state index in [0.29, 0.717) is 30.0 Å². The van der Waals surface area contributed by atoms with Gasteiger partial charge in [-0.05, 0) is 61.7 Å². The second kappa shape index (κ2) is 8.24. The Morgan fingerprint density at radius 2 is 1.84 bits per heavy atom. The van der Waals surface area contributed by atoms with Crippen molar-refractivity contribution in [1.82, 2.24) is 9.88 Å². The molecular weight excluding hydrogens is 422 g/mol. The largest absolute Gasteiger partial charge is 0.503 e. The lowest BCUT2D eigenvalue weighted by Crippen LogP contribution is -2.33. The van der Waals surface area contributed by atoms with Gasteiger partial charge in [0.05, 0.1) is 6.04 Å². The average Bonchev–Trinajstić information content (AvgIpc) is 3.55. The number of carbonyl (C=O) groups excluding carboxylic acids is 2. The first kappa shape index (κ1) is 20.5. The van der Waals surface area contributed by atoms with E-state index in [2.05, 4.69) is 24.0 Å². The summed E-state index contributed by atoms with van der Waals surface area (Å²) in [5.41, 5.74) is 2.66. The van der Waals surface area contributed by atoms with Crippen molar-refractivity contribution in [2.24, 2.45) is 0 Å². The van der Waals surface area contributed by atoms with Gasteiger partial charge in [0.1, 0.15) is 5.69 Å². The fourth-order valence-corrected chi connectivity index (χ4v) is 5.21. The highest BCUT2D eigenvalue weighted by atomic mass is 32.1. The molecule has 1 atom stereocenters. The lowest BCUT2D eigenvalue weighted by molar-refractivity contribution is -0.117. The molecule has 1 unspecified atom stereocenters. The zero-order chi connectivity index (χ0) is 22.2. The first-order chi connectivity index (χ1) is 15.5. The molecule has 0 spiro atoms. The van der Waals surface area contributed by atoms with Gasteiger partial charge in [-0.25, -0.2) is 0 Å². The number of aromatic nitrogens is 1. The number of aryl methyl sites for hydroxylation is 1. The lowest BCUT2D eigenvalue weighted by Gasteiger charge is -2.27. The molecule has 32 heavy (non-hydrogen) atoms. The highest BCUT2D eigenvalue weighted by Crippen LogP contribution is 2.38. The van der Waals surface area contributed by atoms with Crippen LogP contribution in [0.1, 0.15) is 39.8 Å². The molecule has 2 aliphatic rings. The quantitative estimate of drug-likeness (QED) is 0.621. The molecule has 162 valence electrons. The van der Waals surface area contributed by atoms with Crippen molar-refractivity contribution in [2.75, 3.05) is 18.0 Å². The Bertz CT molecular complexity index is 1210. The normalized spacial score (nSPS) is 18.3. The Balaban J connectivity index is 1.50. The van der Waals surface area contributed by atoms with Crippen molar-refractivity contribution in [3.8, 4) is 10.4 Å². The number of carbonyl (C=O) groups is 2. The van der Waals surface area contributed by atoms with Crippen molar-refractivity contribution in [3.05, 3.63) is 82.7 Å². The zero-order valence-electron chi connectivity index (χ0n) is 17.7. The fraction of sp³-hybridized carbons (Fsp3) is 0.240. The van der Waals surface area contributed by atoms with Crippen molar-refractivity contribution in [1.29, 1.82) is 0 Å². The molecule has 7 heteroatoms. The van der Waals surface area contributed by atoms with E-state index in [9.17, 15) is 14.7 Å². The molecule has 0 aliphatic carbocycles. The van der Waals surface area contributed by atoms with Gasteiger partial charge >= 0.3 is 0 Å². The molecule has 6 nitrogen and oxygen atoms in total. The number of rotatable bonds is 4. The van der Waals surface area contributed by atoms with E-state index >= 15 is 0 Å². The van der Waals surface area contributed by atoms with Gasteiger partial charge in [-0.1, -0.05) is 18.2 Å². The SMILES string of the molecule is Cc1ccc(-c2ccc(N3C(=O)C(O)=CC3c3cccnc3C(=O)N3CCCC3)cc2)s1. The number of anilines is 1. The molecular formula is C25H23N3O3S. The van der Waals surface area contributed by atoms with Gasteiger partial charge in [0.25, 0.3) is 11.8 Å². The molecule has 2 aromatic heterocycles. The van der Waals surface area contributed by atoms with Gasteiger partial charge in [-0.3, -0.25) is 19.5 Å². The highest BCUT2D eigenvalue weighted by molar-refractivity contribution is 7.15. The van der Waals surface area contributed by atoms with Crippen molar-refractivity contribution < 1.29 is 14.7 Å². The minimum atomic E-state index is -0.604. The number of benzene rings is 1. The third kappa shape index (κ3) is 3.58. The van der Waals surface area contributed by atoms with Crippen LogP contribution in [0.15, 0.2) is 66.6 Å². The van der Waals surface area contributed by atoms with E-state index in [4.69, 9.17) is 0 Å². The summed E-state index contributed by atoms with van der Waals surface area (Å²) in [6.45, 7) is 3.50. The molecule has 0 radical (unpaired) electrons. The lowest BCUT2D eigenvalue weighted by atomic mass is 10.0. The number of amides is 2. The van der Waals surface area contributed by atoms with E-state index in [1.165, 1.54) is 15.9 Å². The summed E-state index contributed by atoms with van der Waals surface area (Å²) < 4.78 is 0. The van der Waals surface area contributed by atoms with Gasteiger partial charge in [0.2, 0.25) is 0 Å². The van der Waals surface area contributed by atoms with Crippen LogP contribution in [0.2, 0.25) is 0 Å². The Morgan fingerprint density at radius 3 is 2.53 bits per heavy atom. The smallest absolute Gasteiger partial charge is 0.293 e. The second-order valence-corrected chi connectivity index (χ2v) is 9.36. The van der Waals surface area contributed by atoms with Crippen LogP contribution in [0, 0.1) is 6.92 Å². The maximum absolute atomic E-state index is 13.1. The maximum atomic E-state index is 13.1. The Hall–Kier alpha value is -3.45. The van der Waals surface area contributed by atoms with E-state index in [1.807, 2.05) is 24.3 Å². The number of hydrogen-bond acceptors (Lipinski definition) is 5. The Morgan fingerprint density at radius 1 is 1.09 bits per heavy atom. The number of hydrogen-bond donors (Lipinski definition) is 1. The topological polar surface area (TPSA) is 73.7 Å². The number of pyridine rings is 1. The molecule has 2 aliphatic heterocycles. The molecule has 0 bridgehead atoms. The molecule has 0 saturated carbocycles. The minimum Gasteiger partial charge on any atom is -0.503 e. The summed E-state index contributed by atoms with van der Waals surface area (Å²) in [5, 5.41) is 10.3. The van der Waals surface area contributed by atoms with Crippen LogP contribution < -0.4 is 4.90 Å². The molecule has 2 amide bonds. The predicted molar refractivity (Wildman–Crippen MR) is 125 cm³/mol. The summed E-state index contributed by atoms with van der Waals surface area (Å²) in [4.78, 5) is 36.1. The number of aliphatic hydroxyl groups excluding tert-OH is 1. The number of aliphatic hydroxyl groups is 1. The van der Waals surface area contributed by atoms with Crippen LogP contribution in [0.3, 0.4) is 0 Å².